The van der Waals surface area contributed by atoms with E-state index in [9.17, 15) is 5.11 Å². The molecule has 0 aliphatic heterocycles. The van der Waals surface area contributed by atoms with Crippen molar-refractivity contribution in [2.75, 3.05) is 6.54 Å². The van der Waals surface area contributed by atoms with E-state index in [0.717, 1.165) is 13.0 Å². The van der Waals surface area contributed by atoms with Crippen LogP contribution in [0.1, 0.15) is 33.1 Å². The second-order valence-corrected chi connectivity index (χ2v) is 3.51. The third kappa shape index (κ3) is 2.67. The fourth-order valence-electron chi connectivity index (χ4n) is 0.777. The molecule has 1 atom stereocenters. The molecular formula is C8H17NO. The molecule has 1 fully saturated rings. The highest BCUT2D eigenvalue weighted by Gasteiger charge is 2.24. The molecule has 0 amide bonds. The summed E-state index contributed by atoms with van der Waals surface area (Å²) in [5.41, 5.74) is -0.497. The molecule has 2 heteroatoms. The lowest BCUT2D eigenvalue weighted by atomic mass is 10.0. The average molecular weight is 143 g/mol. The van der Waals surface area contributed by atoms with E-state index in [2.05, 4.69) is 5.32 Å². The molecule has 2 N–H and O–H groups in total. The summed E-state index contributed by atoms with van der Waals surface area (Å²) in [5, 5.41) is 12.8. The topological polar surface area (TPSA) is 32.3 Å². The molecule has 0 aromatic heterocycles. The smallest absolute Gasteiger partial charge is 0.0741 e. The molecule has 0 saturated heterocycles. The van der Waals surface area contributed by atoms with Gasteiger partial charge >= 0.3 is 0 Å². The Balaban J connectivity index is 2.09. The van der Waals surface area contributed by atoms with Gasteiger partial charge in [-0.05, 0) is 26.2 Å². The second-order valence-electron chi connectivity index (χ2n) is 3.51. The maximum absolute atomic E-state index is 9.54. The van der Waals surface area contributed by atoms with Crippen LogP contribution in [0.25, 0.3) is 0 Å². The van der Waals surface area contributed by atoms with Gasteiger partial charge in [-0.15, -0.1) is 0 Å². The first kappa shape index (κ1) is 8.02. The van der Waals surface area contributed by atoms with Crippen molar-refractivity contribution in [1.82, 2.24) is 5.32 Å². The highest BCUT2D eigenvalue weighted by atomic mass is 16.3. The second kappa shape index (κ2) is 2.89. The Morgan fingerprint density at radius 3 is 2.60 bits per heavy atom. The summed E-state index contributed by atoms with van der Waals surface area (Å²) >= 11 is 0. The summed E-state index contributed by atoms with van der Waals surface area (Å²) in [7, 11) is 0. The molecule has 0 bridgehead atoms. The van der Waals surface area contributed by atoms with Gasteiger partial charge in [0.25, 0.3) is 0 Å². The zero-order chi connectivity index (χ0) is 7.61. The first-order valence-corrected chi connectivity index (χ1v) is 4.10. The maximum atomic E-state index is 9.54. The Morgan fingerprint density at radius 2 is 2.20 bits per heavy atom. The van der Waals surface area contributed by atoms with Gasteiger partial charge in [0.2, 0.25) is 0 Å². The largest absolute Gasteiger partial charge is 0.389 e. The zero-order valence-electron chi connectivity index (χ0n) is 6.85. The van der Waals surface area contributed by atoms with Gasteiger partial charge in [0.05, 0.1) is 5.60 Å². The molecule has 1 rings (SSSR count). The van der Waals surface area contributed by atoms with Gasteiger partial charge in [0.1, 0.15) is 0 Å². The van der Waals surface area contributed by atoms with Crippen LogP contribution in [0.3, 0.4) is 0 Å². The maximum Gasteiger partial charge on any atom is 0.0741 e. The minimum atomic E-state index is -0.497. The molecule has 1 unspecified atom stereocenters. The summed E-state index contributed by atoms with van der Waals surface area (Å²) in [6, 6.07) is 0.707. The van der Waals surface area contributed by atoms with Crippen molar-refractivity contribution in [3.05, 3.63) is 0 Å². The van der Waals surface area contributed by atoms with Gasteiger partial charge in [0, 0.05) is 12.6 Å². The average Bonchev–Trinajstić information content (AvgIpc) is 2.66. The van der Waals surface area contributed by atoms with Gasteiger partial charge in [-0.25, -0.2) is 0 Å². The third-order valence-corrected chi connectivity index (χ3v) is 2.11. The van der Waals surface area contributed by atoms with Gasteiger partial charge < -0.3 is 10.4 Å². The lowest BCUT2D eigenvalue weighted by molar-refractivity contribution is 0.0555. The molecule has 0 spiro atoms. The standard InChI is InChI=1S/C8H17NO/c1-3-8(2,10)6-9-7-4-5-7/h7,9-10H,3-6H2,1-2H3. The van der Waals surface area contributed by atoms with Crippen molar-refractivity contribution in [3.8, 4) is 0 Å². The Morgan fingerprint density at radius 1 is 1.60 bits per heavy atom. The Hall–Kier alpha value is -0.0800. The third-order valence-electron chi connectivity index (χ3n) is 2.11. The van der Waals surface area contributed by atoms with Crippen LogP contribution in [-0.4, -0.2) is 23.3 Å². The lowest BCUT2D eigenvalue weighted by Crippen LogP contribution is -2.37. The highest BCUT2D eigenvalue weighted by molar-refractivity contribution is 4.84. The molecule has 0 radical (unpaired) electrons. The van der Waals surface area contributed by atoms with Crippen LogP contribution in [-0.2, 0) is 0 Å². The number of nitrogens with one attached hydrogen (secondary N) is 1. The zero-order valence-corrected chi connectivity index (χ0v) is 6.85. The summed E-state index contributed by atoms with van der Waals surface area (Å²) in [5.74, 6) is 0. The van der Waals surface area contributed by atoms with E-state index >= 15 is 0 Å². The van der Waals surface area contributed by atoms with E-state index < -0.39 is 5.60 Å². The predicted octanol–water partition coefficient (Wildman–Crippen LogP) is 0.899. The van der Waals surface area contributed by atoms with Gasteiger partial charge in [-0.3, -0.25) is 0 Å². The van der Waals surface area contributed by atoms with E-state index in [-0.39, 0.29) is 0 Å². The minimum absolute atomic E-state index is 0.497. The van der Waals surface area contributed by atoms with Gasteiger partial charge in [-0.2, -0.15) is 0 Å². The minimum Gasteiger partial charge on any atom is -0.389 e. The molecule has 2 nitrogen and oxygen atoms in total. The molecule has 1 aliphatic rings. The predicted molar refractivity (Wildman–Crippen MR) is 41.9 cm³/mol. The monoisotopic (exact) mass is 143 g/mol. The van der Waals surface area contributed by atoms with E-state index in [4.69, 9.17) is 0 Å². The van der Waals surface area contributed by atoms with Crippen molar-refractivity contribution >= 4 is 0 Å². The molecule has 10 heavy (non-hydrogen) atoms. The van der Waals surface area contributed by atoms with Crippen molar-refractivity contribution in [2.24, 2.45) is 0 Å². The lowest BCUT2D eigenvalue weighted by Gasteiger charge is -2.21. The first-order valence-electron chi connectivity index (χ1n) is 4.10. The highest BCUT2D eigenvalue weighted by Crippen LogP contribution is 2.19. The summed E-state index contributed by atoms with van der Waals surface area (Å²) < 4.78 is 0. The summed E-state index contributed by atoms with van der Waals surface area (Å²) in [4.78, 5) is 0. The molecular weight excluding hydrogens is 126 g/mol. The van der Waals surface area contributed by atoms with Crippen LogP contribution in [0.5, 0.6) is 0 Å². The quantitative estimate of drug-likeness (QED) is 0.613. The molecule has 1 saturated carbocycles. The number of hydrogen-bond donors (Lipinski definition) is 2. The Kier molecular flexibility index (Phi) is 2.32. The SMILES string of the molecule is CCC(C)(O)CNC1CC1. The summed E-state index contributed by atoms with van der Waals surface area (Å²) in [6.07, 6.45) is 3.41. The van der Waals surface area contributed by atoms with Crippen molar-refractivity contribution in [2.45, 2.75) is 44.8 Å². The number of aliphatic hydroxyl groups is 1. The van der Waals surface area contributed by atoms with Crippen molar-refractivity contribution in [3.63, 3.8) is 0 Å². The fraction of sp³-hybridized carbons (Fsp3) is 1.00. The number of hydrogen-bond acceptors (Lipinski definition) is 2. The number of rotatable bonds is 4. The van der Waals surface area contributed by atoms with Crippen LogP contribution >= 0.6 is 0 Å². The molecule has 0 heterocycles. The van der Waals surface area contributed by atoms with Gasteiger partial charge in [-0.1, -0.05) is 6.92 Å². The van der Waals surface area contributed by atoms with Crippen LogP contribution < -0.4 is 5.32 Å². The van der Waals surface area contributed by atoms with Crippen LogP contribution in [0.15, 0.2) is 0 Å². The first-order chi connectivity index (χ1) is 4.64. The normalized spacial score (nSPS) is 24.3. The Bertz CT molecular complexity index is 108. The van der Waals surface area contributed by atoms with E-state index in [1.165, 1.54) is 12.8 Å². The van der Waals surface area contributed by atoms with Gasteiger partial charge in [0.15, 0.2) is 0 Å². The van der Waals surface area contributed by atoms with Crippen LogP contribution in [0.4, 0.5) is 0 Å². The van der Waals surface area contributed by atoms with E-state index in [1.807, 2.05) is 13.8 Å². The summed E-state index contributed by atoms with van der Waals surface area (Å²) in [6.45, 7) is 4.63. The molecule has 0 aromatic carbocycles. The van der Waals surface area contributed by atoms with Crippen molar-refractivity contribution in [1.29, 1.82) is 0 Å². The van der Waals surface area contributed by atoms with Crippen molar-refractivity contribution < 1.29 is 5.11 Å². The molecule has 0 aromatic rings. The van der Waals surface area contributed by atoms with E-state index in [0.29, 0.717) is 6.04 Å². The van der Waals surface area contributed by atoms with Crippen LogP contribution in [0, 0.1) is 0 Å². The fourth-order valence-corrected chi connectivity index (χ4v) is 0.777. The molecule has 1 aliphatic carbocycles. The van der Waals surface area contributed by atoms with Crippen LogP contribution in [0.2, 0.25) is 0 Å². The Labute approximate surface area is 62.6 Å². The van der Waals surface area contributed by atoms with E-state index in [1.54, 1.807) is 0 Å². The molecule has 60 valence electrons.